The lowest BCUT2D eigenvalue weighted by Crippen LogP contribution is -2.53. The Hall–Kier alpha value is -0.860. The summed E-state index contributed by atoms with van der Waals surface area (Å²) in [5, 5.41) is 8.37. The van der Waals surface area contributed by atoms with Gasteiger partial charge in [0.25, 0.3) is 0 Å². The van der Waals surface area contributed by atoms with E-state index in [2.05, 4.69) is 13.8 Å². The highest BCUT2D eigenvalue weighted by molar-refractivity contribution is 5.79. The van der Waals surface area contributed by atoms with Gasteiger partial charge in [-0.05, 0) is 112 Å². The molecule has 178 valence electrons. The minimum Gasteiger partial charge on any atom is -0.481 e. The van der Waals surface area contributed by atoms with Gasteiger partial charge in [0.15, 0.2) is 0 Å². The van der Waals surface area contributed by atoms with Crippen molar-refractivity contribution < 1.29 is 16.1 Å². The number of fused-ring (bicyclic) bond motifs is 5. The molecule has 0 aliphatic heterocycles. The summed E-state index contributed by atoms with van der Waals surface area (Å²) in [6.07, 6.45) is 19.2. The predicted molar refractivity (Wildman–Crippen MR) is 127 cm³/mol. The van der Waals surface area contributed by atoms with Crippen LogP contribution in [0.3, 0.4) is 0 Å². The fourth-order valence-electron chi connectivity index (χ4n) is 9.42. The molecule has 31 heavy (non-hydrogen) atoms. The minimum atomic E-state index is -0.637. The third kappa shape index (κ3) is 4.36. The van der Waals surface area contributed by atoms with Crippen LogP contribution in [0.5, 0.6) is 0 Å². The van der Waals surface area contributed by atoms with Crippen LogP contribution in [-0.4, -0.2) is 16.9 Å². The number of Topliss-reactive ketones (excluding diaryl/α,β-unsaturated/α-hetero) is 1. The summed E-state index contributed by atoms with van der Waals surface area (Å²) in [7, 11) is 0. The molecule has 1 N–H and O–H groups in total. The highest BCUT2D eigenvalue weighted by Gasteiger charge is 2.60. The molecule has 0 aromatic carbocycles. The molecule has 0 aromatic heterocycles. The maximum Gasteiger partial charge on any atom is 0.303 e. The van der Waals surface area contributed by atoms with Gasteiger partial charge in [0, 0.05) is 13.8 Å². The summed E-state index contributed by atoms with van der Waals surface area (Å²) in [6.45, 7) is 6.97. The molecule has 0 bridgehead atoms. The van der Waals surface area contributed by atoms with E-state index in [-0.39, 0.29) is 1.43 Å². The fraction of sp³-hybridized carbons (Fsp3) is 0.929. The van der Waals surface area contributed by atoms with Crippen LogP contribution in [-0.2, 0) is 9.59 Å². The molecular weight excluding hydrogens is 384 g/mol. The molecule has 5 fully saturated rings. The van der Waals surface area contributed by atoms with Crippen LogP contribution >= 0.6 is 0 Å². The second-order valence-electron chi connectivity index (χ2n) is 12.4. The van der Waals surface area contributed by atoms with E-state index >= 15 is 0 Å². The van der Waals surface area contributed by atoms with Crippen molar-refractivity contribution in [2.24, 2.45) is 46.3 Å². The molecule has 0 amide bonds. The lowest BCUT2D eigenvalue weighted by molar-refractivity contribution is -0.138. The van der Waals surface area contributed by atoms with Gasteiger partial charge in [-0.1, -0.05) is 39.5 Å². The van der Waals surface area contributed by atoms with Gasteiger partial charge in [-0.25, -0.2) is 0 Å². The third-order valence-electron chi connectivity index (χ3n) is 11.0. The largest absolute Gasteiger partial charge is 0.481 e. The average molecular weight is 433 g/mol. The Morgan fingerprint density at radius 1 is 0.806 bits per heavy atom. The van der Waals surface area contributed by atoms with E-state index in [1.807, 2.05) is 6.92 Å². The molecule has 0 radical (unpaired) electrons. The van der Waals surface area contributed by atoms with Crippen molar-refractivity contribution in [3.63, 3.8) is 0 Å². The third-order valence-corrected chi connectivity index (χ3v) is 11.0. The topological polar surface area (TPSA) is 54.4 Å². The van der Waals surface area contributed by atoms with Gasteiger partial charge < -0.3 is 5.11 Å². The molecule has 1 unspecified atom stereocenters. The van der Waals surface area contributed by atoms with Crippen LogP contribution < -0.4 is 0 Å². The van der Waals surface area contributed by atoms with Crippen LogP contribution in [0.15, 0.2) is 0 Å². The van der Waals surface area contributed by atoms with Crippen LogP contribution in [0.25, 0.3) is 0 Å². The van der Waals surface area contributed by atoms with E-state index in [1.165, 1.54) is 77.0 Å². The molecule has 0 heterocycles. The molecule has 5 saturated carbocycles. The summed E-state index contributed by atoms with van der Waals surface area (Å²) in [5.41, 5.74) is 0.974. The Labute approximate surface area is 191 Å². The van der Waals surface area contributed by atoms with Crippen LogP contribution in [0.2, 0.25) is 0 Å². The second kappa shape index (κ2) is 9.18. The Morgan fingerprint density at radius 2 is 1.48 bits per heavy atom. The molecule has 7 atom stereocenters. The van der Waals surface area contributed by atoms with Gasteiger partial charge in [-0.3, -0.25) is 9.59 Å². The summed E-state index contributed by atoms with van der Waals surface area (Å²) in [5.74, 6) is 4.45. The number of carboxylic acid groups (broad SMARTS) is 1. The Balaban J connectivity index is 0.000000246. The number of carbonyl (C=O) groups excluding carboxylic acids is 1. The van der Waals surface area contributed by atoms with E-state index in [0.717, 1.165) is 36.5 Å². The number of hydrogen-bond acceptors (Lipinski definition) is 2. The summed E-state index contributed by atoms with van der Waals surface area (Å²) >= 11 is 0. The molecule has 5 aliphatic rings. The lowest BCUT2D eigenvalue weighted by atomic mass is 9.45. The zero-order chi connectivity index (χ0) is 22.2. The molecule has 3 heteroatoms. The van der Waals surface area contributed by atoms with Gasteiger partial charge in [-0.15, -0.1) is 0 Å². The highest BCUT2D eigenvalue weighted by atomic mass is 16.4. The number of carbonyl (C=O) groups is 2. The molecular formula is C28H48O3. The van der Waals surface area contributed by atoms with Crippen molar-refractivity contribution in [2.45, 2.75) is 117 Å². The van der Waals surface area contributed by atoms with Crippen molar-refractivity contribution in [3.8, 4) is 0 Å². The average Bonchev–Trinajstić information content (AvgIpc) is 3.34. The Bertz CT molecular complexity index is 672. The number of aliphatic carboxylic acids is 1. The number of ketones is 1. The zero-order valence-corrected chi connectivity index (χ0v) is 20.3. The van der Waals surface area contributed by atoms with Crippen LogP contribution in [0, 0.1) is 46.3 Å². The molecule has 5 rings (SSSR count). The van der Waals surface area contributed by atoms with Crippen LogP contribution in [0.4, 0.5) is 0 Å². The van der Waals surface area contributed by atoms with E-state index < -0.39 is 5.97 Å². The molecule has 0 saturated heterocycles. The SMILES string of the molecule is CC(=O)[C@H]1CCC2[C@@H]3CC[C@H]4CCCC[C@]4(C)[C@H]3CC[C@@]21C.O=C(O)CC1CCCC1.[HH]. The quantitative estimate of drug-likeness (QED) is 0.501. The lowest BCUT2D eigenvalue weighted by Gasteiger charge is -2.60. The van der Waals surface area contributed by atoms with Crippen molar-refractivity contribution in [2.75, 3.05) is 0 Å². The molecule has 5 aliphatic carbocycles. The smallest absolute Gasteiger partial charge is 0.303 e. The van der Waals surface area contributed by atoms with Gasteiger partial charge >= 0.3 is 5.97 Å². The maximum atomic E-state index is 12.2. The molecule has 0 spiro atoms. The Kier molecular flexibility index (Phi) is 6.90. The summed E-state index contributed by atoms with van der Waals surface area (Å²) in [4.78, 5) is 22.3. The van der Waals surface area contributed by atoms with Crippen LogP contribution in [0.1, 0.15) is 119 Å². The summed E-state index contributed by atoms with van der Waals surface area (Å²) in [6, 6.07) is 0. The van der Waals surface area contributed by atoms with Gasteiger partial charge in [0.1, 0.15) is 5.78 Å². The van der Waals surface area contributed by atoms with Gasteiger partial charge in [-0.2, -0.15) is 0 Å². The predicted octanol–water partition coefficient (Wildman–Crippen LogP) is 7.52. The first-order valence-electron chi connectivity index (χ1n) is 13.5. The van der Waals surface area contributed by atoms with Crippen molar-refractivity contribution in [3.05, 3.63) is 0 Å². The zero-order valence-electron chi connectivity index (χ0n) is 20.3. The second-order valence-corrected chi connectivity index (χ2v) is 12.4. The maximum absolute atomic E-state index is 12.2. The van der Waals surface area contributed by atoms with E-state index in [0.29, 0.717) is 34.9 Å². The monoisotopic (exact) mass is 432 g/mol. The van der Waals surface area contributed by atoms with Crippen molar-refractivity contribution >= 4 is 11.8 Å². The Morgan fingerprint density at radius 3 is 2.16 bits per heavy atom. The van der Waals surface area contributed by atoms with Gasteiger partial charge in [0.05, 0.1) is 0 Å². The normalized spacial score (nSPS) is 44.4. The first-order valence-corrected chi connectivity index (χ1v) is 13.5. The minimum absolute atomic E-state index is 0. The van der Waals surface area contributed by atoms with Crippen molar-refractivity contribution in [1.82, 2.24) is 0 Å². The number of rotatable bonds is 3. The van der Waals surface area contributed by atoms with Gasteiger partial charge in [0.2, 0.25) is 0 Å². The standard InChI is InChI=1S/C21H34O.C7H12O2.H2/c1-14(22)17-9-10-18-16-8-7-15-6-4-5-12-20(15,2)19(16)11-13-21(17,18)3;8-7(9)5-6-3-1-2-4-6;/h15-19H,4-13H2,1-3H3;6H,1-5H2,(H,8,9);1H/t15-,16+,17-,18?,19+,20+,21-;;/m1../s1. The highest BCUT2D eigenvalue weighted by Crippen LogP contribution is 2.67. The van der Waals surface area contributed by atoms with E-state index in [4.69, 9.17) is 5.11 Å². The van der Waals surface area contributed by atoms with E-state index in [1.54, 1.807) is 0 Å². The fourth-order valence-corrected chi connectivity index (χ4v) is 9.42. The van der Waals surface area contributed by atoms with E-state index in [9.17, 15) is 9.59 Å². The first-order chi connectivity index (χ1) is 14.8. The molecule has 0 aromatic rings. The van der Waals surface area contributed by atoms with Crippen molar-refractivity contribution in [1.29, 1.82) is 0 Å². The summed E-state index contributed by atoms with van der Waals surface area (Å²) < 4.78 is 0. The first kappa shape index (κ1) is 23.3. The number of hydrogen-bond donors (Lipinski definition) is 1. The number of carboxylic acids is 1. The molecule has 3 nitrogen and oxygen atoms in total.